The molecule has 4 heteroatoms. The Bertz CT molecular complexity index is 519. The van der Waals surface area contributed by atoms with Gasteiger partial charge < -0.3 is 9.84 Å². The molecule has 1 aliphatic rings. The van der Waals surface area contributed by atoms with Crippen LogP contribution in [0.25, 0.3) is 0 Å². The van der Waals surface area contributed by atoms with Crippen molar-refractivity contribution in [2.24, 2.45) is 0 Å². The van der Waals surface area contributed by atoms with Gasteiger partial charge in [-0.3, -0.25) is 0 Å². The Balaban J connectivity index is 2.31. The molecule has 2 unspecified atom stereocenters. The topological polar surface area (TPSA) is 46.5 Å². The molecule has 0 aliphatic heterocycles. The summed E-state index contributed by atoms with van der Waals surface area (Å²) < 4.78 is 5.19. The third kappa shape index (κ3) is 2.88. The average molecular weight is 279 g/mol. The maximum atomic E-state index is 10.8. The molecule has 0 bridgehead atoms. The number of hydrogen-bond donors (Lipinski definition) is 1. The van der Waals surface area contributed by atoms with Gasteiger partial charge in [-0.2, -0.15) is 0 Å². The summed E-state index contributed by atoms with van der Waals surface area (Å²) in [6.07, 6.45) is 7.75. The van der Waals surface area contributed by atoms with Gasteiger partial charge in [-0.1, -0.05) is 36.4 Å². The molecular formula is C15H15ClO3. The highest BCUT2D eigenvalue weighted by Gasteiger charge is 2.35. The number of carbonyl (C=O) groups is 1. The Morgan fingerprint density at radius 2 is 2.05 bits per heavy atom. The SMILES string of the molecule is COCC1(Cl)C=CC=CC1c1ccc(C(=O)O)cc1. The molecule has 0 amide bonds. The van der Waals surface area contributed by atoms with Crippen LogP contribution < -0.4 is 0 Å². The zero-order valence-electron chi connectivity index (χ0n) is 10.5. The first kappa shape index (κ1) is 13.8. The lowest BCUT2D eigenvalue weighted by molar-refractivity contribution is 0.0697. The van der Waals surface area contributed by atoms with Crippen LogP contribution in [0.5, 0.6) is 0 Å². The average Bonchev–Trinajstić information content (AvgIpc) is 2.39. The second-order valence-corrected chi connectivity index (χ2v) is 5.21. The molecule has 0 radical (unpaired) electrons. The van der Waals surface area contributed by atoms with Gasteiger partial charge in [0, 0.05) is 13.0 Å². The number of allylic oxidation sites excluding steroid dienone is 3. The smallest absolute Gasteiger partial charge is 0.335 e. The number of halogens is 1. The number of rotatable bonds is 4. The Kier molecular flexibility index (Phi) is 4.08. The largest absolute Gasteiger partial charge is 0.478 e. The first-order valence-electron chi connectivity index (χ1n) is 5.94. The van der Waals surface area contributed by atoms with E-state index in [1.54, 1.807) is 31.4 Å². The maximum absolute atomic E-state index is 10.8. The van der Waals surface area contributed by atoms with Gasteiger partial charge in [0.15, 0.2) is 0 Å². The van der Waals surface area contributed by atoms with Crippen molar-refractivity contribution in [1.29, 1.82) is 0 Å². The van der Waals surface area contributed by atoms with Gasteiger partial charge >= 0.3 is 5.97 Å². The van der Waals surface area contributed by atoms with Crippen molar-refractivity contribution >= 4 is 17.6 Å². The van der Waals surface area contributed by atoms with Crippen LogP contribution in [0.4, 0.5) is 0 Å². The first-order chi connectivity index (χ1) is 9.07. The van der Waals surface area contributed by atoms with E-state index in [1.165, 1.54) is 0 Å². The number of carboxylic acid groups (broad SMARTS) is 1. The molecule has 0 heterocycles. The van der Waals surface area contributed by atoms with Gasteiger partial charge in [-0.15, -0.1) is 11.6 Å². The van der Waals surface area contributed by atoms with E-state index in [0.717, 1.165) is 5.56 Å². The third-order valence-electron chi connectivity index (χ3n) is 3.19. The van der Waals surface area contributed by atoms with E-state index >= 15 is 0 Å². The fourth-order valence-electron chi connectivity index (χ4n) is 2.23. The molecular weight excluding hydrogens is 264 g/mol. The summed E-state index contributed by atoms with van der Waals surface area (Å²) in [6.45, 7) is 0.390. The van der Waals surface area contributed by atoms with E-state index in [9.17, 15) is 4.79 Å². The van der Waals surface area contributed by atoms with Crippen LogP contribution in [-0.4, -0.2) is 29.7 Å². The fourth-order valence-corrected chi connectivity index (χ4v) is 2.62. The quantitative estimate of drug-likeness (QED) is 0.860. The monoisotopic (exact) mass is 278 g/mol. The molecule has 3 nitrogen and oxygen atoms in total. The van der Waals surface area contributed by atoms with Crippen LogP contribution in [0, 0.1) is 0 Å². The van der Waals surface area contributed by atoms with Crippen molar-refractivity contribution < 1.29 is 14.6 Å². The van der Waals surface area contributed by atoms with Crippen LogP contribution in [0.1, 0.15) is 21.8 Å². The predicted octanol–water partition coefficient (Wildman–Crippen LogP) is 3.22. The van der Waals surface area contributed by atoms with Crippen molar-refractivity contribution in [1.82, 2.24) is 0 Å². The summed E-state index contributed by atoms with van der Waals surface area (Å²) in [7, 11) is 1.61. The molecule has 1 aromatic carbocycles. The molecule has 1 aliphatic carbocycles. The first-order valence-corrected chi connectivity index (χ1v) is 6.32. The molecule has 0 saturated carbocycles. The van der Waals surface area contributed by atoms with Crippen molar-refractivity contribution in [3.63, 3.8) is 0 Å². The van der Waals surface area contributed by atoms with Crippen LogP contribution in [0.15, 0.2) is 48.6 Å². The molecule has 2 rings (SSSR count). The number of aromatic carboxylic acids is 1. The molecule has 0 fully saturated rings. The second kappa shape index (κ2) is 5.59. The number of benzene rings is 1. The van der Waals surface area contributed by atoms with Crippen molar-refractivity contribution in [2.45, 2.75) is 10.8 Å². The fraction of sp³-hybridized carbons (Fsp3) is 0.267. The number of alkyl halides is 1. The molecule has 0 saturated heterocycles. The lowest BCUT2D eigenvalue weighted by atomic mass is 9.82. The van der Waals surface area contributed by atoms with Gasteiger partial charge in [0.25, 0.3) is 0 Å². The number of methoxy groups -OCH3 is 1. The van der Waals surface area contributed by atoms with E-state index in [-0.39, 0.29) is 11.5 Å². The normalized spacial score (nSPS) is 25.5. The number of carboxylic acids is 1. The van der Waals surface area contributed by atoms with Crippen molar-refractivity contribution in [2.75, 3.05) is 13.7 Å². The summed E-state index contributed by atoms with van der Waals surface area (Å²) in [5.74, 6) is -0.971. The minimum atomic E-state index is -0.931. The minimum Gasteiger partial charge on any atom is -0.478 e. The van der Waals surface area contributed by atoms with Crippen LogP contribution in [-0.2, 0) is 4.74 Å². The zero-order valence-corrected chi connectivity index (χ0v) is 11.3. The summed E-state index contributed by atoms with van der Waals surface area (Å²) in [4.78, 5) is 10.2. The van der Waals surface area contributed by atoms with E-state index in [2.05, 4.69) is 0 Å². The molecule has 0 spiro atoms. The van der Waals surface area contributed by atoms with E-state index in [1.807, 2.05) is 24.3 Å². The molecule has 1 N–H and O–H groups in total. The van der Waals surface area contributed by atoms with Gasteiger partial charge in [0.05, 0.1) is 17.0 Å². The Morgan fingerprint density at radius 3 is 2.63 bits per heavy atom. The minimum absolute atomic E-state index is 0.0399. The van der Waals surface area contributed by atoms with E-state index in [4.69, 9.17) is 21.4 Å². The highest BCUT2D eigenvalue weighted by atomic mass is 35.5. The van der Waals surface area contributed by atoms with E-state index in [0.29, 0.717) is 6.61 Å². The molecule has 0 aromatic heterocycles. The lowest BCUT2D eigenvalue weighted by Gasteiger charge is -2.32. The van der Waals surface area contributed by atoms with E-state index < -0.39 is 10.8 Å². The third-order valence-corrected chi connectivity index (χ3v) is 3.66. The van der Waals surface area contributed by atoms with Crippen molar-refractivity contribution in [3.05, 3.63) is 59.7 Å². The van der Waals surface area contributed by atoms with Gasteiger partial charge in [-0.05, 0) is 17.7 Å². The van der Waals surface area contributed by atoms with Crippen LogP contribution in [0.2, 0.25) is 0 Å². The van der Waals surface area contributed by atoms with Crippen molar-refractivity contribution in [3.8, 4) is 0 Å². The zero-order chi connectivity index (χ0) is 13.9. The Morgan fingerprint density at radius 1 is 1.37 bits per heavy atom. The standard InChI is InChI=1S/C15H15ClO3/c1-19-10-15(16)9-3-2-4-13(15)11-5-7-12(8-6-11)14(17)18/h2-9,13H,10H2,1H3,(H,17,18). The van der Waals surface area contributed by atoms with Gasteiger partial charge in [-0.25, -0.2) is 4.79 Å². The number of ether oxygens (including phenoxy) is 1. The molecule has 2 atom stereocenters. The summed E-state index contributed by atoms with van der Waals surface area (Å²) in [5.41, 5.74) is 1.24. The highest BCUT2D eigenvalue weighted by Crippen LogP contribution is 2.39. The predicted molar refractivity (Wildman–Crippen MR) is 74.9 cm³/mol. The second-order valence-electron chi connectivity index (χ2n) is 4.51. The molecule has 1 aromatic rings. The Hall–Kier alpha value is -1.58. The molecule has 19 heavy (non-hydrogen) atoms. The summed E-state index contributed by atoms with van der Waals surface area (Å²) in [6, 6.07) is 6.77. The van der Waals surface area contributed by atoms with Crippen LogP contribution >= 0.6 is 11.6 Å². The van der Waals surface area contributed by atoms with Gasteiger partial charge in [0.2, 0.25) is 0 Å². The molecule has 100 valence electrons. The van der Waals surface area contributed by atoms with Crippen LogP contribution in [0.3, 0.4) is 0 Å². The number of hydrogen-bond acceptors (Lipinski definition) is 2. The van der Waals surface area contributed by atoms with Gasteiger partial charge in [0.1, 0.15) is 0 Å². The lowest BCUT2D eigenvalue weighted by Crippen LogP contribution is -2.33. The summed E-state index contributed by atoms with van der Waals surface area (Å²) in [5, 5.41) is 8.90. The maximum Gasteiger partial charge on any atom is 0.335 e. The summed E-state index contributed by atoms with van der Waals surface area (Å²) >= 11 is 6.60. The highest BCUT2D eigenvalue weighted by molar-refractivity contribution is 6.26. The Labute approximate surface area is 117 Å².